The van der Waals surface area contributed by atoms with Gasteiger partial charge in [0, 0.05) is 74.8 Å². The van der Waals surface area contributed by atoms with E-state index in [1.54, 1.807) is 21.3 Å². The third-order valence-corrected chi connectivity index (χ3v) is 11.1. The van der Waals surface area contributed by atoms with Crippen molar-refractivity contribution in [3.8, 4) is 0 Å². The largest absolute Gasteiger partial charge is 0.392 e. The van der Waals surface area contributed by atoms with E-state index in [-0.39, 0.29) is 58.7 Å². The summed E-state index contributed by atoms with van der Waals surface area (Å²) >= 11 is 0. The Hall–Kier alpha value is -0.280. The quantitative estimate of drug-likeness (QED) is 0.577. The molecule has 13 atom stereocenters. The number of aliphatic hydroxyl groups is 3. The SMILES string of the molecule is CCN1C[C@]2(COC)CCC(O)C34C1C(C(OC)[C@@H]32)[C@@]1(O)C[C@H](OC)[C@H]2C[C@@H]4[C@@H]1[C@H]2O. The Labute approximate surface area is 185 Å². The van der Waals surface area contributed by atoms with Crippen molar-refractivity contribution in [2.24, 2.45) is 40.4 Å². The molecule has 0 aromatic rings. The van der Waals surface area contributed by atoms with Gasteiger partial charge in [0.15, 0.2) is 0 Å². The molecule has 1 heterocycles. The van der Waals surface area contributed by atoms with Crippen LogP contribution in [0.5, 0.6) is 0 Å². The van der Waals surface area contributed by atoms with Gasteiger partial charge >= 0.3 is 0 Å². The van der Waals surface area contributed by atoms with Crippen molar-refractivity contribution >= 4 is 0 Å². The number of methoxy groups -OCH3 is 3. The van der Waals surface area contributed by atoms with E-state index >= 15 is 0 Å². The highest BCUT2D eigenvalue weighted by Gasteiger charge is 2.86. The zero-order valence-electron chi connectivity index (χ0n) is 19.2. The normalized spacial score (nSPS) is 61.6. The summed E-state index contributed by atoms with van der Waals surface area (Å²) < 4.78 is 18.0. The van der Waals surface area contributed by atoms with Crippen LogP contribution < -0.4 is 0 Å². The second-order valence-corrected chi connectivity index (χ2v) is 11.6. The van der Waals surface area contributed by atoms with Gasteiger partial charge < -0.3 is 29.5 Å². The van der Waals surface area contributed by atoms with Crippen LogP contribution in [0, 0.1) is 40.4 Å². The summed E-state index contributed by atoms with van der Waals surface area (Å²) in [5, 5.41) is 35.7. The molecule has 31 heavy (non-hydrogen) atoms. The highest BCUT2D eigenvalue weighted by atomic mass is 16.5. The molecule has 1 spiro atoms. The van der Waals surface area contributed by atoms with Gasteiger partial charge in [-0.25, -0.2) is 0 Å². The highest BCUT2D eigenvalue weighted by Crippen LogP contribution is 2.79. The summed E-state index contributed by atoms with van der Waals surface area (Å²) in [6.45, 7) is 4.63. The molecule has 3 N–H and O–H groups in total. The molecule has 6 aliphatic rings. The Morgan fingerprint density at radius 3 is 2.52 bits per heavy atom. The van der Waals surface area contributed by atoms with E-state index in [0.29, 0.717) is 13.0 Å². The van der Waals surface area contributed by atoms with Gasteiger partial charge in [0.2, 0.25) is 0 Å². The molecule has 7 bridgehead atoms. The lowest BCUT2D eigenvalue weighted by Crippen LogP contribution is -2.76. The molecular weight excluding hydrogens is 398 g/mol. The van der Waals surface area contributed by atoms with Crippen molar-refractivity contribution < 1.29 is 29.5 Å². The minimum Gasteiger partial charge on any atom is -0.392 e. The maximum absolute atomic E-state index is 12.5. The Bertz CT molecular complexity index is 752. The van der Waals surface area contributed by atoms with E-state index in [1.807, 2.05) is 0 Å². The molecule has 6 rings (SSSR count). The third kappa shape index (κ3) is 2.12. The van der Waals surface area contributed by atoms with Gasteiger partial charge in [-0.1, -0.05) is 6.92 Å². The fourth-order valence-corrected chi connectivity index (χ4v) is 10.7. The lowest BCUT2D eigenvalue weighted by molar-refractivity contribution is -0.272. The number of nitrogens with zero attached hydrogens (tertiary/aromatic N) is 1. The highest BCUT2D eigenvalue weighted by molar-refractivity contribution is 5.35. The van der Waals surface area contributed by atoms with Crippen LogP contribution in [-0.2, 0) is 14.2 Å². The van der Waals surface area contributed by atoms with Gasteiger partial charge in [-0.15, -0.1) is 0 Å². The first kappa shape index (κ1) is 21.3. The Balaban J connectivity index is 1.62. The van der Waals surface area contributed by atoms with Crippen LogP contribution in [0.2, 0.25) is 0 Å². The van der Waals surface area contributed by atoms with E-state index in [2.05, 4.69) is 11.8 Å². The topological polar surface area (TPSA) is 91.6 Å². The molecule has 6 fully saturated rings. The first-order valence-electron chi connectivity index (χ1n) is 12.2. The number of hydrogen-bond donors (Lipinski definition) is 3. The van der Waals surface area contributed by atoms with Crippen molar-refractivity contribution in [2.45, 2.75) is 68.7 Å². The van der Waals surface area contributed by atoms with E-state index < -0.39 is 17.8 Å². The number of fused-ring (bicyclic) bond motifs is 2. The fourth-order valence-electron chi connectivity index (χ4n) is 10.7. The number of rotatable bonds is 5. The monoisotopic (exact) mass is 437 g/mol. The predicted octanol–water partition coefficient (Wildman–Crippen LogP) is 0.502. The first-order chi connectivity index (χ1) is 14.9. The molecule has 7 nitrogen and oxygen atoms in total. The Morgan fingerprint density at radius 2 is 1.87 bits per heavy atom. The van der Waals surface area contributed by atoms with Crippen LogP contribution in [0.4, 0.5) is 0 Å². The second kappa shape index (κ2) is 6.65. The van der Waals surface area contributed by atoms with Gasteiger partial charge in [0.1, 0.15) is 0 Å². The van der Waals surface area contributed by atoms with Crippen LogP contribution >= 0.6 is 0 Å². The van der Waals surface area contributed by atoms with E-state index in [1.165, 1.54) is 0 Å². The summed E-state index contributed by atoms with van der Waals surface area (Å²) in [5.41, 5.74) is -1.54. The molecule has 7 heteroatoms. The summed E-state index contributed by atoms with van der Waals surface area (Å²) in [5.74, 6) is -0.168. The minimum absolute atomic E-state index is 0.0248. The maximum atomic E-state index is 12.5. The van der Waals surface area contributed by atoms with Gasteiger partial charge in [-0.3, -0.25) is 4.90 Å². The Morgan fingerprint density at radius 1 is 1.10 bits per heavy atom. The summed E-state index contributed by atoms with van der Waals surface area (Å²) in [6.07, 6.45) is 1.65. The average Bonchev–Trinajstić information content (AvgIpc) is 3.16. The van der Waals surface area contributed by atoms with Gasteiger partial charge in [-0.2, -0.15) is 0 Å². The number of ether oxygens (including phenoxy) is 3. The summed E-state index contributed by atoms with van der Waals surface area (Å²) in [7, 11) is 5.24. The second-order valence-electron chi connectivity index (χ2n) is 11.6. The molecule has 0 amide bonds. The fraction of sp³-hybridized carbons (Fsp3) is 1.00. The van der Waals surface area contributed by atoms with E-state index in [4.69, 9.17) is 14.2 Å². The molecule has 1 aliphatic heterocycles. The van der Waals surface area contributed by atoms with Gasteiger partial charge in [-0.05, 0) is 31.7 Å². The maximum Gasteiger partial charge on any atom is 0.0796 e. The average molecular weight is 438 g/mol. The van der Waals surface area contributed by atoms with Crippen molar-refractivity contribution in [3.63, 3.8) is 0 Å². The molecule has 0 aromatic heterocycles. The van der Waals surface area contributed by atoms with Crippen molar-refractivity contribution in [3.05, 3.63) is 0 Å². The molecular formula is C24H39NO6. The van der Waals surface area contributed by atoms with Crippen molar-refractivity contribution in [2.75, 3.05) is 41.0 Å². The van der Waals surface area contributed by atoms with Crippen molar-refractivity contribution in [1.29, 1.82) is 0 Å². The van der Waals surface area contributed by atoms with Crippen LogP contribution in [-0.4, -0.2) is 97.3 Å². The summed E-state index contributed by atoms with van der Waals surface area (Å²) in [4.78, 5) is 2.52. The molecule has 5 saturated carbocycles. The molecule has 5 unspecified atom stereocenters. The number of piperidine rings is 1. The van der Waals surface area contributed by atoms with Gasteiger partial charge in [0.05, 0.1) is 36.6 Å². The summed E-state index contributed by atoms with van der Waals surface area (Å²) in [6, 6.07) is 0.0561. The zero-order chi connectivity index (χ0) is 21.9. The molecule has 176 valence electrons. The number of aliphatic hydroxyl groups excluding tert-OH is 2. The van der Waals surface area contributed by atoms with E-state index in [9.17, 15) is 15.3 Å². The molecule has 0 radical (unpaired) electrons. The number of likely N-dealkylation sites (tertiary alicyclic amines) is 1. The lowest BCUT2D eigenvalue weighted by atomic mass is 9.43. The van der Waals surface area contributed by atoms with E-state index in [0.717, 1.165) is 32.4 Å². The van der Waals surface area contributed by atoms with Gasteiger partial charge in [0.25, 0.3) is 0 Å². The smallest absolute Gasteiger partial charge is 0.0796 e. The molecule has 0 aromatic carbocycles. The first-order valence-corrected chi connectivity index (χ1v) is 12.2. The minimum atomic E-state index is -1.05. The van der Waals surface area contributed by atoms with Crippen LogP contribution in [0.3, 0.4) is 0 Å². The lowest BCUT2D eigenvalue weighted by Gasteiger charge is -2.68. The third-order valence-electron chi connectivity index (χ3n) is 11.1. The standard InChI is InChI=1S/C24H39NO6/c1-5-25-10-22(11-29-2)7-6-15(26)24-13-8-12-14(30-3)9-23(28,16(13)18(12)27)17(21(24)25)19(31-4)20(22)24/h12-21,26-28H,5-11H2,1-4H3/t12-,13-,14+,15?,16-,17?,18+,19?,20-,21?,22+,23-,24?/m1/s1. The zero-order valence-corrected chi connectivity index (χ0v) is 19.2. The Kier molecular flexibility index (Phi) is 4.56. The van der Waals surface area contributed by atoms with Crippen LogP contribution in [0.1, 0.15) is 32.6 Å². The predicted molar refractivity (Wildman–Crippen MR) is 112 cm³/mol. The molecule has 5 aliphatic carbocycles. The number of hydrogen-bond acceptors (Lipinski definition) is 7. The molecule has 1 saturated heterocycles. The van der Waals surface area contributed by atoms with Crippen LogP contribution in [0.15, 0.2) is 0 Å². The van der Waals surface area contributed by atoms with Crippen molar-refractivity contribution in [1.82, 2.24) is 4.90 Å². The van der Waals surface area contributed by atoms with Crippen LogP contribution in [0.25, 0.3) is 0 Å².